The Balaban J connectivity index is 1.60. The Bertz CT molecular complexity index is 1270. The van der Waals surface area contributed by atoms with Gasteiger partial charge in [-0.2, -0.15) is 0 Å². The van der Waals surface area contributed by atoms with Crippen molar-refractivity contribution in [3.05, 3.63) is 83.6 Å². The van der Waals surface area contributed by atoms with Gasteiger partial charge in [0.1, 0.15) is 12.4 Å². The minimum atomic E-state index is -1.03. The predicted octanol–water partition coefficient (Wildman–Crippen LogP) is 5.01. The molecule has 0 saturated carbocycles. The Labute approximate surface area is 239 Å². The molecule has 3 N–H and O–H groups in total. The number of carbonyl (C=O) groups is 4. The Hall–Kier alpha value is -4.44. The van der Waals surface area contributed by atoms with Gasteiger partial charge in [0.05, 0.1) is 24.2 Å². The van der Waals surface area contributed by atoms with Crippen molar-refractivity contribution >= 4 is 24.2 Å². The molecule has 0 radical (unpaired) electrons. The molecule has 10 heteroatoms. The summed E-state index contributed by atoms with van der Waals surface area (Å²) in [6.07, 6.45) is 4.43. The summed E-state index contributed by atoms with van der Waals surface area (Å²) in [5.74, 6) is -1.93. The highest BCUT2D eigenvalue weighted by atomic mass is 16.7. The molecule has 0 saturated heterocycles. The van der Waals surface area contributed by atoms with Crippen molar-refractivity contribution in [3.63, 3.8) is 0 Å². The second-order valence-corrected chi connectivity index (χ2v) is 9.57. The number of hydrogen-bond donors (Lipinski definition) is 3. The number of rotatable bonds is 17. The zero-order valence-electron chi connectivity index (χ0n) is 23.4. The van der Waals surface area contributed by atoms with E-state index in [0.29, 0.717) is 30.6 Å². The zero-order chi connectivity index (χ0) is 29.6. The molecular weight excluding hydrogens is 526 g/mol. The van der Waals surface area contributed by atoms with E-state index in [1.54, 1.807) is 18.2 Å². The highest BCUT2D eigenvalue weighted by Crippen LogP contribution is 2.24. The summed E-state index contributed by atoms with van der Waals surface area (Å²) in [5, 5.41) is 15.7. The predicted molar refractivity (Wildman–Crippen MR) is 152 cm³/mol. The minimum Gasteiger partial charge on any atom is -0.478 e. The lowest BCUT2D eigenvalue weighted by atomic mass is 9.90. The monoisotopic (exact) mass is 563 g/mol. The van der Waals surface area contributed by atoms with E-state index in [-0.39, 0.29) is 30.5 Å². The van der Waals surface area contributed by atoms with Crippen LogP contribution in [0.5, 0.6) is 0 Å². The van der Waals surface area contributed by atoms with E-state index in [1.807, 2.05) is 37.3 Å². The van der Waals surface area contributed by atoms with Crippen LogP contribution in [0.4, 0.5) is 0 Å². The number of hydrogen-bond acceptors (Lipinski definition) is 6. The van der Waals surface area contributed by atoms with Gasteiger partial charge in [0.25, 0.3) is 5.91 Å². The second kappa shape index (κ2) is 16.0. The third-order valence-corrected chi connectivity index (χ3v) is 6.75. The molecule has 3 rings (SSSR count). The highest BCUT2D eigenvalue weighted by molar-refractivity contribution is 5.92. The molecule has 3 aromatic rings. The molecule has 1 heterocycles. The molecule has 0 aliphatic rings. The molecule has 2 atom stereocenters. The maximum absolute atomic E-state index is 13.3. The molecule has 0 aliphatic heterocycles. The number of carbonyl (C=O) groups excluding carboxylic acids is 3. The van der Waals surface area contributed by atoms with Crippen LogP contribution in [0.3, 0.4) is 0 Å². The Morgan fingerprint density at radius 1 is 0.976 bits per heavy atom. The van der Waals surface area contributed by atoms with Gasteiger partial charge in [-0.1, -0.05) is 75.6 Å². The summed E-state index contributed by atoms with van der Waals surface area (Å²) in [7, 11) is 0. The number of furan rings is 1. The fraction of sp³-hybridized carbons (Fsp3) is 0.355. The first kappa shape index (κ1) is 31.1. The van der Waals surface area contributed by atoms with Crippen LogP contribution >= 0.6 is 0 Å². The van der Waals surface area contributed by atoms with E-state index in [9.17, 15) is 19.2 Å². The lowest BCUT2D eigenvalue weighted by Gasteiger charge is -2.32. The summed E-state index contributed by atoms with van der Waals surface area (Å²) in [5.41, 5.74) is 1.67. The minimum absolute atomic E-state index is 0.0453. The molecule has 0 fully saturated rings. The van der Waals surface area contributed by atoms with Crippen LogP contribution in [0.25, 0.3) is 11.3 Å². The standard InChI is InChI=1S/C31H37N3O7/c1-3-5-7-12-25(26(4-2)34(21-35)40-19-22-10-8-6-9-11-22)29(36)32-20-33-30(37)28-18-17-27(41-28)23-13-15-24(16-14-23)31(38)39/h6,8-11,13-18,21,25-26H,3-5,7,12,19-20H2,1-2H3,(H,32,36)(H,33,37)(H,38,39)/t25?,26-/m1/s1. The Morgan fingerprint density at radius 3 is 2.34 bits per heavy atom. The van der Waals surface area contributed by atoms with E-state index in [0.717, 1.165) is 24.8 Å². The van der Waals surface area contributed by atoms with Gasteiger partial charge in [-0.05, 0) is 42.7 Å². The largest absolute Gasteiger partial charge is 0.478 e. The molecule has 1 unspecified atom stereocenters. The Morgan fingerprint density at radius 2 is 1.71 bits per heavy atom. The number of nitrogens with one attached hydrogen (secondary N) is 2. The number of aromatic carboxylic acids is 1. The van der Waals surface area contributed by atoms with Crippen molar-refractivity contribution in [1.82, 2.24) is 15.7 Å². The van der Waals surface area contributed by atoms with Gasteiger partial charge in [-0.15, -0.1) is 0 Å². The van der Waals surface area contributed by atoms with E-state index in [4.69, 9.17) is 14.4 Å². The van der Waals surface area contributed by atoms with Crippen molar-refractivity contribution in [2.24, 2.45) is 5.92 Å². The molecule has 0 bridgehead atoms. The summed E-state index contributed by atoms with van der Waals surface area (Å²) >= 11 is 0. The molecule has 218 valence electrons. The molecular formula is C31H37N3O7. The molecule has 10 nitrogen and oxygen atoms in total. The molecule has 3 amide bonds. The van der Waals surface area contributed by atoms with Gasteiger partial charge < -0.3 is 20.2 Å². The number of hydroxylamine groups is 2. The average molecular weight is 564 g/mol. The molecule has 1 aromatic heterocycles. The molecule has 0 spiro atoms. The molecule has 0 aliphatic carbocycles. The van der Waals surface area contributed by atoms with Crippen LogP contribution in [-0.2, 0) is 21.0 Å². The van der Waals surface area contributed by atoms with Crippen LogP contribution in [0.15, 0.2) is 71.1 Å². The normalized spacial score (nSPS) is 12.2. The van der Waals surface area contributed by atoms with Crippen molar-refractivity contribution in [2.45, 2.75) is 58.6 Å². The number of nitrogens with zero attached hydrogens (tertiary/aromatic N) is 1. The number of carboxylic acid groups (broad SMARTS) is 1. The second-order valence-electron chi connectivity index (χ2n) is 9.57. The average Bonchev–Trinajstić information content (AvgIpc) is 3.49. The topological polar surface area (TPSA) is 138 Å². The van der Waals surface area contributed by atoms with E-state index in [1.165, 1.54) is 23.3 Å². The van der Waals surface area contributed by atoms with Crippen molar-refractivity contribution in [2.75, 3.05) is 6.67 Å². The maximum atomic E-state index is 13.3. The maximum Gasteiger partial charge on any atom is 0.335 e. The molecule has 2 aromatic carbocycles. The van der Waals surface area contributed by atoms with Gasteiger partial charge in [0.2, 0.25) is 12.3 Å². The van der Waals surface area contributed by atoms with Gasteiger partial charge in [0, 0.05) is 5.56 Å². The van der Waals surface area contributed by atoms with Crippen LogP contribution in [0.1, 0.15) is 72.4 Å². The lowest BCUT2D eigenvalue weighted by Crippen LogP contribution is -2.48. The number of unbranched alkanes of at least 4 members (excludes halogenated alkanes) is 2. The van der Waals surface area contributed by atoms with E-state index >= 15 is 0 Å². The van der Waals surface area contributed by atoms with Crippen molar-refractivity contribution in [3.8, 4) is 11.3 Å². The summed E-state index contributed by atoms with van der Waals surface area (Å²) in [6.45, 7) is 4.05. The number of benzene rings is 2. The van der Waals surface area contributed by atoms with Crippen LogP contribution < -0.4 is 10.6 Å². The first-order valence-electron chi connectivity index (χ1n) is 13.8. The van der Waals surface area contributed by atoms with Crippen molar-refractivity contribution in [1.29, 1.82) is 0 Å². The highest BCUT2D eigenvalue weighted by Gasteiger charge is 2.32. The first-order chi connectivity index (χ1) is 19.9. The van der Waals surface area contributed by atoms with Gasteiger partial charge in [-0.3, -0.25) is 19.2 Å². The SMILES string of the molecule is CCCCCC(C(=O)NCNC(=O)c1ccc(-c2ccc(C(=O)O)cc2)o1)[C@@H](CC)N(C=O)OCc1ccccc1. The number of amides is 3. The summed E-state index contributed by atoms with van der Waals surface area (Å²) < 4.78 is 5.63. The number of carboxylic acids is 1. The van der Waals surface area contributed by atoms with Gasteiger partial charge in [0.15, 0.2) is 5.76 Å². The van der Waals surface area contributed by atoms with E-state index < -0.39 is 23.8 Å². The summed E-state index contributed by atoms with van der Waals surface area (Å²) in [4.78, 5) is 54.8. The van der Waals surface area contributed by atoms with Crippen LogP contribution in [-0.4, -0.2) is 47.1 Å². The third kappa shape index (κ3) is 9.04. The quantitative estimate of drug-likeness (QED) is 0.0908. The molecule has 41 heavy (non-hydrogen) atoms. The van der Waals surface area contributed by atoms with Crippen LogP contribution in [0, 0.1) is 5.92 Å². The zero-order valence-corrected chi connectivity index (χ0v) is 23.4. The Kier molecular flexibility index (Phi) is 12.1. The fourth-order valence-electron chi connectivity index (χ4n) is 4.50. The smallest absolute Gasteiger partial charge is 0.335 e. The first-order valence-corrected chi connectivity index (χ1v) is 13.8. The van der Waals surface area contributed by atoms with Gasteiger partial charge >= 0.3 is 5.97 Å². The van der Waals surface area contributed by atoms with E-state index in [2.05, 4.69) is 17.6 Å². The van der Waals surface area contributed by atoms with Crippen LogP contribution in [0.2, 0.25) is 0 Å². The third-order valence-electron chi connectivity index (χ3n) is 6.75. The van der Waals surface area contributed by atoms with Crippen molar-refractivity contribution < 1.29 is 33.5 Å². The summed E-state index contributed by atoms with van der Waals surface area (Å²) in [6, 6.07) is 18.2. The van der Waals surface area contributed by atoms with Gasteiger partial charge in [-0.25, -0.2) is 9.86 Å². The fourth-order valence-corrected chi connectivity index (χ4v) is 4.50. The lowest BCUT2D eigenvalue weighted by molar-refractivity contribution is -0.200.